The molecule has 0 saturated heterocycles. The Labute approximate surface area is 129 Å². The van der Waals surface area contributed by atoms with Crippen molar-refractivity contribution >= 4 is 29.2 Å². The maximum atomic E-state index is 11.8. The van der Waals surface area contributed by atoms with E-state index >= 15 is 0 Å². The molecule has 1 aromatic rings. The van der Waals surface area contributed by atoms with E-state index in [-0.39, 0.29) is 12.3 Å². The van der Waals surface area contributed by atoms with Gasteiger partial charge in [-0.25, -0.2) is 0 Å². The normalized spacial score (nSPS) is 11.2. The zero-order valence-corrected chi connectivity index (χ0v) is 13.0. The molecule has 0 unspecified atom stereocenters. The minimum Gasteiger partial charge on any atom is -0.480 e. The number of anilines is 1. The van der Waals surface area contributed by atoms with Crippen LogP contribution in [-0.2, 0) is 9.59 Å². The van der Waals surface area contributed by atoms with E-state index in [1.807, 2.05) is 13.8 Å². The summed E-state index contributed by atoms with van der Waals surface area (Å²) < 4.78 is 0. The number of aliphatic carboxylic acids is 1. The van der Waals surface area contributed by atoms with Gasteiger partial charge in [0.05, 0.1) is 0 Å². The van der Waals surface area contributed by atoms with Gasteiger partial charge in [-0.1, -0.05) is 31.5 Å². The smallest absolute Gasteiger partial charge is 0.323 e. The molecule has 0 aliphatic heterocycles. The molecule has 0 fully saturated rings. The van der Waals surface area contributed by atoms with Crippen LogP contribution in [-0.4, -0.2) is 29.1 Å². The van der Waals surface area contributed by atoms with Crippen LogP contribution in [0.2, 0.25) is 5.02 Å². The van der Waals surface area contributed by atoms with E-state index in [0.29, 0.717) is 30.1 Å². The zero-order valence-electron chi connectivity index (χ0n) is 12.3. The summed E-state index contributed by atoms with van der Waals surface area (Å²) >= 11 is 5.84. The van der Waals surface area contributed by atoms with Crippen molar-refractivity contribution in [1.82, 2.24) is 5.32 Å². The number of benzene rings is 1. The highest BCUT2D eigenvalue weighted by Crippen LogP contribution is 2.16. The second kappa shape index (κ2) is 8.00. The second-order valence-corrected chi connectivity index (χ2v) is 5.27. The van der Waals surface area contributed by atoms with Gasteiger partial charge < -0.3 is 15.7 Å². The van der Waals surface area contributed by atoms with Crippen LogP contribution >= 0.6 is 11.6 Å². The molecule has 0 spiro atoms. The maximum absolute atomic E-state index is 11.8. The quantitative estimate of drug-likeness (QED) is 0.689. The molecular formula is C15H21ClN2O3. The Bertz CT molecular complexity index is 501. The summed E-state index contributed by atoms with van der Waals surface area (Å²) in [6, 6.07) is 6.88. The Balaban J connectivity index is 2.48. The summed E-state index contributed by atoms with van der Waals surface area (Å²) in [7, 11) is 0. The Morgan fingerprint density at radius 3 is 2.48 bits per heavy atom. The fourth-order valence-electron chi connectivity index (χ4n) is 2.08. The first-order chi connectivity index (χ1) is 9.93. The SMILES string of the molecule is CCC(CC)(NCCC(=O)Nc1cccc(Cl)c1)C(=O)O. The van der Waals surface area contributed by atoms with Crippen LogP contribution in [0.1, 0.15) is 33.1 Å². The van der Waals surface area contributed by atoms with Crippen LogP contribution in [0.4, 0.5) is 5.69 Å². The summed E-state index contributed by atoms with van der Waals surface area (Å²) in [5.74, 6) is -1.07. The molecule has 0 radical (unpaired) electrons. The van der Waals surface area contributed by atoms with Gasteiger partial charge in [0, 0.05) is 23.7 Å². The first-order valence-electron chi connectivity index (χ1n) is 6.97. The predicted molar refractivity (Wildman–Crippen MR) is 83.7 cm³/mol. The van der Waals surface area contributed by atoms with Gasteiger partial charge in [-0.3, -0.25) is 9.59 Å². The molecule has 5 nitrogen and oxygen atoms in total. The van der Waals surface area contributed by atoms with E-state index in [1.165, 1.54) is 0 Å². The molecule has 0 aliphatic rings. The monoisotopic (exact) mass is 312 g/mol. The van der Waals surface area contributed by atoms with Gasteiger partial charge in [0.1, 0.15) is 5.54 Å². The van der Waals surface area contributed by atoms with Crippen LogP contribution in [0.25, 0.3) is 0 Å². The topological polar surface area (TPSA) is 78.4 Å². The molecule has 0 aromatic heterocycles. The van der Waals surface area contributed by atoms with E-state index in [1.54, 1.807) is 24.3 Å². The molecule has 0 saturated carbocycles. The lowest BCUT2D eigenvalue weighted by Crippen LogP contribution is -2.51. The predicted octanol–water partition coefficient (Wildman–Crippen LogP) is 2.90. The average Bonchev–Trinajstić information content (AvgIpc) is 2.43. The number of carboxylic acids is 1. The molecule has 0 aliphatic carbocycles. The fourth-order valence-corrected chi connectivity index (χ4v) is 2.27. The third kappa shape index (κ3) is 5.02. The third-order valence-corrected chi connectivity index (χ3v) is 3.78. The molecule has 1 aromatic carbocycles. The Kier molecular flexibility index (Phi) is 6.65. The second-order valence-electron chi connectivity index (χ2n) is 4.83. The first-order valence-corrected chi connectivity index (χ1v) is 7.35. The van der Waals surface area contributed by atoms with Crippen molar-refractivity contribution in [3.63, 3.8) is 0 Å². The van der Waals surface area contributed by atoms with Crippen LogP contribution in [0.5, 0.6) is 0 Å². The largest absolute Gasteiger partial charge is 0.480 e. The summed E-state index contributed by atoms with van der Waals surface area (Å²) in [6.45, 7) is 3.94. The standard InChI is InChI=1S/C15H21ClN2O3/c1-3-15(4-2,14(20)21)17-9-8-13(19)18-12-7-5-6-11(16)10-12/h5-7,10,17H,3-4,8-9H2,1-2H3,(H,18,19)(H,20,21). The summed E-state index contributed by atoms with van der Waals surface area (Å²) in [4.78, 5) is 23.1. The van der Waals surface area contributed by atoms with Gasteiger partial charge in [-0.05, 0) is 31.0 Å². The van der Waals surface area contributed by atoms with Crippen molar-refractivity contribution in [1.29, 1.82) is 0 Å². The molecular weight excluding hydrogens is 292 g/mol. The van der Waals surface area contributed by atoms with E-state index in [2.05, 4.69) is 10.6 Å². The lowest BCUT2D eigenvalue weighted by Gasteiger charge is -2.28. The van der Waals surface area contributed by atoms with E-state index in [0.717, 1.165) is 0 Å². The van der Waals surface area contributed by atoms with Gasteiger partial charge >= 0.3 is 5.97 Å². The highest BCUT2D eigenvalue weighted by atomic mass is 35.5. The van der Waals surface area contributed by atoms with Crippen molar-refractivity contribution in [3.8, 4) is 0 Å². The number of carboxylic acid groups (broad SMARTS) is 1. The highest BCUT2D eigenvalue weighted by molar-refractivity contribution is 6.30. The van der Waals surface area contributed by atoms with Gasteiger partial charge in [0.2, 0.25) is 5.91 Å². The minimum absolute atomic E-state index is 0.184. The summed E-state index contributed by atoms with van der Waals surface area (Å²) in [5, 5.41) is 15.5. The maximum Gasteiger partial charge on any atom is 0.323 e. The molecule has 116 valence electrons. The van der Waals surface area contributed by atoms with Gasteiger partial charge in [0.15, 0.2) is 0 Å². The van der Waals surface area contributed by atoms with Gasteiger partial charge in [-0.2, -0.15) is 0 Å². The molecule has 0 heterocycles. The molecule has 21 heavy (non-hydrogen) atoms. The minimum atomic E-state index is -0.962. The summed E-state index contributed by atoms with van der Waals surface area (Å²) in [5.41, 5.74) is -0.334. The lowest BCUT2D eigenvalue weighted by molar-refractivity contribution is -0.145. The van der Waals surface area contributed by atoms with Crippen LogP contribution in [0, 0.1) is 0 Å². The number of halogens is 1. The number of hydrogen-bond acceptors (Lipinski definition) is 3. The number of rotatable bonds is 8. The van der Waals surface area contributed by atoms with Crippen molar-refractivity contribution in [2.45, 2.75) is 38.6 Å². The van der Waals surface area contributed by atoms with Crippen molar-refractivity contribution < 1.29 is 14.7 Å². The fraction of sp³-hybridized carbons (Fsp3) is 0.467. The molecule has 1 rings (SSSR count). The van der Waals surface area contributed by atoms with Gasteiger partial charge in [0.25, 0.3) is 0 Å². The first kappa shape index (κ1) is 17.5. The molecule has 6 heteroatoms. The molecule has 1 amide bonds. The third-order valence-electron chi connectivity index (χ3n) is 3.54. The average molecular weight is 313 g/mol. The number of carbonyl (C=O) groups excluding carboxylic acids is 1. The number of nitrogens with one attached hydrogen (secondary N) is 2. The van der Waals surface area contributed by atoms with Crippen LogP contribution in [0.15, 0.2) is 24.3 Å². The van der Waals surface area contributed by atoms with Crippen molar-refractivity contribution in [2.75, 3.05) is 11.9 Å². The van der Waals surface area contributed by atoms with E-state index < -0.39 is 11.5 Å². The Morgan fingerprint density at radius 1 is 1.29 bits per heavy atom. The van der Waals surface area contributed by atoms with Crippen molar-refractivity contribution in [2.24, 2.45) is 0 Å². The van der Waals surface area contributed by atoms with E-state index in [4.69, 9.17) is 11.6 Å². The zero-order chi connectivity index (χ0) is 15.9. The Morgan fingerprint density at radius 2 is 1.95 bits per heavy atom. The van der Waals surface area contributed by atoms with Crippen molar-refractivity contribution in [3.05, 3.63) is 29.3 Å². The number of carbonyl (C=O) groups is 2. The van der Waals surface area contributed by atoms with E-state index in [9.17, 15) is 14.7 Å². The van der Waals surface area contributed by atoms with Crippen LogP contribution in [0.3, 0.4) is 0 Å². The number of amides is 1. The van der Waals surface area contributed by atoms with Crippen LogP contribution < -0.4 is 10.6 Å². The van der Waals surface area contributed by atoms with Gasteiger partial charge in [-0.15, -0.1) is 0 Å². The highest BCUT2D eigenvalue weighted by Gasteiger charge is 2.33. The molecule has 0 atom stereocenters. The molecule has 0 bridgehead atoms. The summed E-state index contributed by atoms with van der Waals surface area (Å²) in [6.07, 6.45) is 1.13. The lowest BCUT2D eigenvalue weighted by atomic mass is 9.93. The molecule has 3 N–H and O–H groups in total. The Hall–Kier alpha value is -1.59. The number of hydrogen-bond donors (Lipinski definition) is 3.